The lowest BCUT2D eigenvalue weighted by molar-refractivity contribution is -0.124. The number of nitriles is 1. The molecule has 1 fully saturated rings. The number of fused-ring (bicyclic) bond motifs is 1. The van der Waals surface area contributed by atoms with Gasteiger partial charge in [-0.25, -0.2) is 0 Å². The van der Waals surface area contributed by atoms with E-state index in [0.717, 1.165) is 18.4 Å². The van der Waals surface area contributed by atoms with Gasteiger partial charge in [0.25, 0.3) is 0 Å². The summed E-state index contributed by atoms with van der Waals surface area (Å²) in [6.45, 7) is 0.920. The summed E-state index contributed by atoms with van der Waals surface area (Å²) in [5.41, 5.74) is 0.812. The monoisotopic (exact) mass is 359 g/mol. The molecule has 1 aromatic rings. The van der Waals surface area contributed by atoms with Crippen molar-refractivity contribution in [3.63, 3.8) is 0 Å². The van der Waals surface area contributed by atoms with Crippen LogP contribution in [0.3, 0.4) is 0 Å². The van der Waals surface area contributed by atoms with E-state index in [1.165, 1.54) is 0 Å². The molecular formula is C19H25N3O4. The second kappa shape index (κ2) is 7.52. The number of hydrogen-bond acceptors (Lipinski definition) is 6. The Bertz CT molecular complexity index is 722. The molecule has 7 heteroatoms. The fraction of sp³-hybridized carbons (Fsp3) is 0.579. The third-order valence-corrected chi connectivity index (χ3v) is 5.28. The van der Waals surface area contributed by atoms with Crippen molar-refractivity contribution in [1.82, 2.24) is 10.2 Å². The summed E-state index contributed by atoms with van der Waals surface area (Å²) < 4.78 is 10.8. The van der Waals surface area contributed by atoms with E-state index in [0.29, 0.717) is 43.0 Å². The Morgan fingerprint density at radius 2 is 2.00 bits per heavy atom. The van der Waals surface area contributed by atoms with Crippen molar-refractivity contribution in [1.29, 1.82) is 5.26 Å². The normalized spacial score (nSPS) is 21.5. The van der Waals surface area contributed by atoms with Gasteiger partial charge in [-0.15, -0.1) is 0 Å². The highest BCUT2D eigenvalue weighted by Gasteiger charge is 2.36. The predicted octanol–water partition coefficient (Wildman–Crippen LogP) is 1.51. The molecule has 2 N–H and O–H groups in total. The highest BCUT2D eigenvalue weighted by molar-refractivity contribution is 5.79. The Morgan fingerprint density at radius 1 is 1.35 bits per heavy atom. The molecule has 0 aromatic heterocycles. The summed E-state index contributed by atoms with van der Waals surface area (Å²) in [7, 11) is 3.15. The van der Waals surface area contributed by atoms with Gasteiger partial charge in [-0.3, -0.25) is 9.69 Å². The van der Waals surface area contributed by atoms with Gasteiger partial charge in [0.2, 0.25) is 5.91 Å². The Hall–Kier alpha value is -2.30. The molecule has 1 atom stereocenters. The van der Waals surface area contributed by atoms with Gasteiger partial charge in [-0.2, -0.15) is 5.26 Å². The van der Waals surface area contributed by atoms with Crippen LogP contribution in [0.5, 0.6) is 11.5 Å². The fourth-order valence-corrected chi connectivity index (χ4v) is 4.02. The van der Waals surface area contributed by atoms with E-state index < -0.39 is 11.6 Å². The van der Waals surface area contributed by atoms with Gasteiger partial charge in [0, 0.05) is 24.2 Å². The van der Waals surface area contributed by atoms with Gasteiger partial charge in [0.1, 0.15) is 17.0 Å². The maximum atomic E-state index is 12.5. The number of carbonyl (C=O) groups excluding carboxylic acids is 1. The maximum Gasteiger partial charge on any atom is 0.235 e. The van der Waals surface area contributed by atoms with Gasteiger partial charge >= 0.3 is 0 Å². The molecule has 1 aliphatic carbocycles. The lowest BCUT2D eigenvalue weighted by Gasteiger charge is -2.34. The van der Waals surface area contributed by atoms with Gasteiger partial charge in [-0.1, -0.05) is 0 Å². The minimum atomic E-state index is -0.770. The highest BCUT2D eigenvalue weighted by atomic mass is 16.5. The minimum absolute atomic E-state index is 0.125. The van der Waals surface area contributed by atoms with Crippen LogP contribution in [0.15, 0.2) is 12.1 Å². The SMILES string of the molecule is COc1ccc(OC)c2c1CN(CC(=O)NC1(C#N)CCCC1)C[C@H]2O. The van der Waals surface area contributed by atoms with Crippen LogP contribution in [0.1, 0.15) is 42.9 Å². The summed E-state index contributed by atoms with van der Waals surface area (Å²) >= 11 is 0. The lowest BCUT2D eigenvalue weighted by atomic mass is 9.95. The van der Waals surface area contributed by atoms with Crippen LogP contribution in [-0.2, 0) is 11.3 Å². The third kappa shape index (κ3) is 3.48. The number of nitrogens with one attached hydrogen (secondary N) is 1. The number of rotatable bonds is 5. The average Bonchev–Trinajstić information content (AvgIpc) is 3.09. The molecule has 140 valence electrons. The molecular weight excluding hydrogens is 334 g/mol. The van der Waals surface area contributed by atoms with Gasteiger partial charge in [-0.05, 0) is 37.8 Å². The number of methoxy groups -OCH3 is 2. The van der Waals surface area contributed by atoms with E-state index >= 15 is 0 Å². The summed E-state index contributed by atoms with van der Waals surface area (Å²) in [5.74, 6) is 1.09. The molecule has 1 aliphatic heterocycles. The summed E-state index contributed by atoms with van der Waals surface area (Å²) in [5, 5.41) is 22.9. The molecule has 2 aliphatic rings. The third-order valence-electron chi connectivity index (χ3n) is 5.28. The molecule has 1 saturated carbocycles. The molecule has 3 rings (SSSR count). The van der Waals surface area contributed by atoms with Crippen LogP contribution >= 0.6 is 0 Å². The minimum Gasteiger partial charge on any atom is -0.496 e. The van der Waals surface area contributed by atoms with E-state index in [1.54, 1.807) is 26.4 Å². The van der Waals surface area contributed by atoms with Crippen LogP contribution in [0.4, 0.5) is 0 Å². The van der Waals surface area contributed by atoms with Crippen molar-refractivity contribution >= 4 is 5.91 Å². The first-order valence-corrected chi connectivity index (χ1v) is 8.88. The van der Waals surface area contributed by atoms with Crippen molar-refractivity contribution in [3.05, 3.63) is 23.3 Å². The lowest BCUT2D eigenvalue weighted by Crippen LogP contribution is -2.50. The molecule has 26 heavy (non-hydrogen) atoms. The first-order chi connectivity index (χ1) is 12.5. The number of benzene rings is 1. The number of aliphatic hydroxyl groups excluding tert-OH is 1. The van der Waals surface area contributed by atoms with E-state index in [9.17, 15) is 15.2 Å². The van der Waals surface area contributed by atoms with E-state index in [1.807, 2.05) is 4.90 Å². The van der Waals surface area contributed by atoms with Crippen LogP contribution in [0, 0.1) is 11.3 Å². The molecule has 1 aromatic carbocycles. The zero-order valence-corrected chi connectivity index (χ0v) is 15.2. The van der Waals surface area contributed by atoms with Crippen molar-refractivity contribution in [3.8, 4) is 17.6 Å². The quantitative estimate of drug-likeness (QED) is 0.827. The van der Waals surface area contributed by atoms with Gasteiger partial charge < -0.3 is 19.9 Å². The zero-order chi connectivity index (χ0) is 18.7. The Morgan fingerprint density at radius 3 is 2.62 bits per heavy atom. The molecule has 0 unspecified atom stereocenters. The van der Waals surface area contributed by atoms with Gasteiger partial charge in [0.15, 0.2) is 0 Å². The Kier molecular flexibility index (Phi) is 5.35. The summed E-state index contributed by atoms with van der Waals surface area (Å²) in [6.07, 6.45) is 2.55. The van der Waals surface area contributed by atoms with Crippen molar-refractivity contribution in [2.24, 2.45) is 0 Å². The highest BCUT2D eigenvalue weighted by Crippen LogP contribution is 2.39. The van der Waals surface area contributed by atoms with Crippen LogP contribution in [0.2, 0.25) is 0 Å². The topological polar surface area (TPSA) is 94.8 Å². The number of ether oxygens (including phenoxy) is 2. The molecule has 0 spiro atoms. The van der Waals surface area contributed by atoms with Crippen molar-refractivity contribution < 1.29 is 19.4 Å². The fourth-order valence-electron chi connectivity index (χ4n) is 4.02. The number of nitrogens with zero attached hydrogens (tertiary/aromatic N) is 2. The number of aliphatic hydroxyl groups is 1. The predicted molar refractivity (Wildman–Crippen MR) is 94.7 cm³/mol. The molecule has 1 amide bonds. The number of amides is 1. The number of carbonyl (C=O) groups is 1. The largest absolute Gasteiger partial charge is 0.496 e. The van der Waals surface area contributed by atoms with Crippen LogP contribution in [-0.4, -0.2) is 48.8 Å². The molecule has 0 saturated heterocycles. The average molecular weight is 359 g/mol. The second-order valence-electron chi connectivity index (χ2n) is 7.00. The smallest absolute Gasteiger partial charge is 0.235 e. The summed E-state index contributed by atoms with van der Waals surface area (Å²) in [6, 6.07) is 5.85. The molecule has 0 radical (unpaired) electrons. The van der Waals surface area contributed by atoms with Crippen LogP contribution in [0.25, 0.3) is 0 Å². The second-order valence-corrected chi connectivity index (χ2v) is 7.00. The van der Waals surface area contributed by atoms with E-state index in [2.05, 4.69) is 11.4 Å². The summed E-state index contributed by atoms with van der Waals surface area (Å²) in [4.78, 5) is 14.4. The van der Waals surface area contributed by atoms with E-state index in [-0.39, 0.29) is 12.5 Å². The maximum absolute atomic E-state index is 12.5. The van der Waals surface area contributed by atoms with Crippen molar-refractivity contribution in [2.45, 2.75) is 43.9 Å². The van der Waals surface area contributed by atoms with Crippen molar-refractivity contribution in [2.75, 3.05) is 27.3 Å². The Labute approximate surface area is 153 Å². The standard InChI is InChI=1S/C19H25N3O4/c1-25-15-5-6-16(26-2)18-13(15)9-22(10-14(18)23)11-17(24)21-19(12-20)7-3-4-8-19/h5-6,14,23H,3-4,7-11H2,1-2H3,(H,21,24)/t14-/m1/s1. The first-order valence-electron chi connectivity index (χ1n) is 8.88. The van der Waals surface area contributed by atoms with Crippen LogP contribution < -0.4 is 14.8 Å². The zero-order valence-electron chi connectivity index (χ0n) is 15.2. The Balaban J connectivity index is 1.74. The molecule has 0 bridgehead atoms. The first kappa shape index (κ1) is 18.5. The van der Waals surface area contributed by atoms with E-state index in [4.69, 9.17) is 9.47 Å². The molecule has 7 nitrogen and oxygen atoms in total. The number of hydrogen-bond donors (Lipinski definition) is 2. The molecule has 1 heterocycles. The van der Waals surface area contributed by atoms with Gasteiger partial charge in [0.05, 0.1) is 32.9 Å². The number of β-amino-alcohol motifs (C(OH)–C–C–N with tert-alkyl or cyclic N) is 1.